The molecule has 0 saturated carbocycles. The Labute approximate surface area is 121 Å². The Morgan fingerprint density at radius 2 is 2.05 bits per heavy atom. The molecule has 6 nitrogen and oxygen atoms in total. The maximum Gasteiger partial charge on any atom is 0.335 e. The number of hydrogen-bond donors (Lipinski definition) is 2. The highest BCUT2D eigenvalue weighted by Gasteiger charge is 2.07. The summed E-state index contributed by atoms with van der Waals surface area (Å²) >= 11 is 0. The molecule has 1 heterocycles. The number of aryl methyl sites for hydroxylation is 1. The smallest absolute Gasteiger partial charge is 0.335 e. The van der Waals surface area contributed by atoms with Crippen LogP contribution in [-0.2, 0) is 6.42 Å². The van der Waals surface area contributed by atoms with E-state index in [9.17, 15) is 9.59 Å². The molecule has 0 fully saturated rings. The molecule has 0 aliphatic heterocycles. The molecule has 1 aromatic heterocycles. The molecular weight excluding hydrogens is 270 g/mol. The molecular formula is C15H15N3O3. The van der Waals surface area contributed by atoms with Gasteiger partial charge in [-0.1, -0.05) is 12.1 Å². The average Bonchev–Trinajstić information content (AvgIpc) is 2.48. The van der Waals surface area contributed by atoms with E-state index in [4.69, 9.17) is 5.11 Å². The van der Waals surface area contributed by atoms with Crippen LogP contribution in [0.25, 0.3) is 0 Å². The molecule has 108 valence electrons. The van der Waals surface area contributed by atoms with E-state index in [2.05, 4.69) is 15.3 Å². The van der Waals surface area contributed by atoms with Gasteiger partial charge in [-0.3, -0.25) is 9.78 Å². The Kier molecular flexibility index (Phi) is 4.61. The Morgan fingerprint density at radius 3 is 2.71 bits per heavy atom. The van der Waals surface area contributed by atoms with Gasteiger partial charge in [0.15, 0.2) is 0 Å². The lowest BCUT2D eigenvalue weighted by molar-refractivity contribution is 0.0696. The molecule has 2 rings (SSSR count). The van der Waals surface area contributed by atoms with Crippen molar-refractivity contribution < 1.29 is 14.7 Å². The van der Waals surface area contributed by atoms with Crippen LogP contribution in [0.4, 0.5) is 0 Å². The highest BCUT2D eigenvalue weighted by molar-refractivity contribution is 5.91. The molecule has 0 aliphatic carbocycles. The van der Waals surface area contributed by atoms with Crippen LogP contribution in [0.2, 0.25) is 0 Å². The number of nitrogens with zero attached hydrogens (tertiary/aromatic N) is 2. The van der Waals surface area contributed by atoms with Crippen LogP contribution in [0, 0.1) is 6.92 Å². The van der Waals surface area contributed by atoms with Crippen LogP contribution >= 0.6 is 0 Å². The summed E-state index contributed by atoms with van der Waals surface area (Å²) in [6.07, 6.45) is 3.51. The minimum Gasteiger partial charge on any atom is -0.478 e. The molecule has 0 unspecified atom stereocenters. The highest BCUT2D eigenvalue weighted by atomic mass is 16.4. The molecule has 0 atom stereocenters. The molecule has 1 amide bonds. The monoisotopic (exact) mass is 285 g/mol. The number of benzene rings is 1. The van der Waals surface area contributed by atoms with Crippen LogP contribution in [0.15, 0.2) is 36.7 Å². The van der Waals surface area contributed by atoms with Crippen molar-refractivity contribution in [2.45, 2.75) is 13.3 Å². The third-order valence-corrected chi connectivity index (χ3v) is 2.89. The van der Waals surface area contributed by atoms with Gasteiger partial charge in [-0.05, 0) is 31.0 Å². The van der Waals surface area contributed by atoms with Crippen molar-refractivity contribution in [3.63, 3.8) is 0 Å². The van der Waals surface area contributed by atoms with Crippen molar-refractivity contribution in [3.05, 3.63) is 59.2 Å². The first kappa shape index (κ1) is 14.6. The molecule has 1 aromatic carbocycles. The number of nitrogens with one attached hydrogen (secondary N) is 1. The lowest BCUT2D eigenvalue weighted by atomic mass is 10.1. The standard InChI is InChI=1S/C15H15N3O3/c1-10-8-18-13(9-17-10)14(19)16-6-5-11-3-2-4-12(7-11)15(20)21/h2-4,7-9H,5-6H2,1H3,(H,16,19)(H,20,21). The average molecular weight is 285 g/mol. The van der Waals surface area contributed by atoms with Crippen LogP contribution in [0.5, 0.6) is 0 Å². The van der Waals surface area contributed by atoms with Gasteiger partial charge in [0.05, 0.1) is 17.5 Å². The summed E-state index contributed by atoms with van der Waals surface area (Å²) in [6.45, 7) is 2.20. The van der Waals surface area contributed by atoms with Gasteiger partial charge in [0.25, 0.3) is 5.91 Å². The normalized spacial score (nSPS) is 10.1. The molecule has 0 saturated heterocycles. The van der Waals surface area contributed by atoms with E-state index >= 15 is 0 Å². The fraction of sp³-hybridized carbons (Fsp3) is 0.200. The summed E-state index contributed by atoms with van der Waals surface area (Å²) in [5.74, 6) is -1.26. The van der Waals surface area contributed by atoms with E-state index < -0.39 is 5.97 Å². The largest absolute Gasteiger partial charge is 0.478 e. The van der Waals surface area contributed by atoms with Crippen molar-refractivity contribution in [1.29, 1.82) is 0 Å². The molecule has 0 spiro atoms. The summed E-state index contributed by atoms with van der Waals surface area (Å²) in [5.41, 5.74) is 2.10. The van der Waals surface area contributed by atoms with Crippen molar-refractivity contribution in [1.82, 2.24) is 15.3 Å². The molecule has 0 bridgehead atoms. The van der Waals surface area contributed by atoms with Crippen LogP contribution in [0.3, 0.4) is 0 Å². The lowest BCUT2D eigenvalue weighted by Gasteiger charge is -2.05. The molecule has 0 radical (unpaired) electrons. The zero-order valence-corrected chi connectivity index (χ0v) is 11.5. The second-order valence-electron chi connectivity index (χ2n) is 4.55. The number of carbonyl (C=O) groups excluding carboxylic acids is 1. The maximum atomic E-state index is 11.8. The first-order valence-corrected chi connectivity index (χ1v) is 6.45. The summed E-state index contributed by atoms with van der Waals surface area (Å²) in [7, 11) is 0. The molecule has 0 aliphatic rings. The second kappa shape index (κ2) is 6.60. The van der Waals surface area contributed by atoms with Crippen molar-refractivity contribution in [3.8, 4) is 0 Å². The summed E-state index contributed by atoms with van der Waals surface area (Å²) in [5, 5.41) is 11.6. The topological polar surface area (TPSA) is 92.2 Å². The zero-order valence-electron chi connectivity index (χ0n) is 11.5. The van der Waals surface area contributed by atoms with Gasteiger partial charge >= 0.3 is 5.97 Å². The number of carbonyl (C=O) groups is 2. The predicted octanol–water partition coefficient (Wildman–Crippen LogP) is 1.46. The summed E-state index contributed by atoms with van der Waals surface area (Å²) in [6, 6.07) is 6.64. The molecule has 6 heteroatoms. The number of aromatic carboxylic acids is 1. The van der Waals surface area contributed by atoms with Crippen LogP contribution in [0.1, 0.15) is 32.1 Å². The van der Waals surface area contributed by atoms with E-state index in [-0.39, 0.29) is 17.2 Å². The zero-order chi connectivity index (χ0) is 15.2. The Morgan fingerprint density at radius 1 is 1.24 bits per heavy atom. The van der Waals surface area contributed by atoms with Gasteiger partial charge in [-0.15, -0.1) is 0 Å². The number of hydrogen-bond acceptors (Lipinski definition) is 4. The van der Waals surface area contributed by atoms with Gasteiger partial charge in [-0.25, -0.2) is 9.78 Å². The number of rotatable bonds is 5. The van der Waals surface area contributed by atoms with E-state index in [0.717, 1.165) is 11.3 Å². The SMILES string of the molecule is Cc1cnc(C(=O)NCCc2cccc(C(=O)O)c2)cn1. The molecule has 2 aromatic rings. The van der Waals surface area contributed by atoms with Gasteiger partial charge in [0, 0.05) is 12.7 Å². The Balaban J connectivity index is 1.89. The lowest BCUT2D eigenvalue weighted by Crippen LogP contribution is -2.26. The number of carboxylic acid groups (broad SMARTS) is 1. The first-order valence-electron chi connectivity index (χ1n) is 6.45. The third-order valence-electron chi connectivity index (χ3n) is 2.89. The number of carboxylic acids is 1. The van der Waals surface area contributed by atoms with Gasteiger partial charge in [0.2, 0.25) is 0 Å². The van der Waals surface area contributed by atoms with Crippen molar-refractivity contribution in [2.24, 2.45) is 0 Å². The molecule has 2 N–H and O–H groups in total. The van der Waals surface area contributed by atoms with Gasteiger partial charge in [-0.2, -0.15) is 0 Å². The van der Waals surface area contributed by atoms with Gasteiger partial charge < -0.3 is 10.4 Å². The molecule has 21 heavy (non-hydrogen) atoms. The fourth-order valence-electron chi connectivity index (χ4n) is 1.78. The second-order valence-corrected chi connectivity index (χ2v) is 4.55. The fourth-order valence-corrected chi connectivity index (χ4v) is 1.78. The predicted molar refractivity (Wildman–Crippen MR) is 76.2 cm³/mol. The van der Waals surface area contributed by atoms with Gasteiger partial charge in [0.1, 0.15) is 5.69 Å². The minimum absolute atomic E-state index is 0.239. The first-order chi connectivity index (χ1) is 10.1. The third kappa shape index (κ3) is 4.10. The Bertz CT molecular complexity index is 653. The van der Waals surface area contributed by atoms with Crippen molar-refractivity contribution in [2.75, 3.05) is 6.54 Å². The van der Waals surface area contributed by atoms with E-state index in [1.54, 1.807) is 19.1 Å². The van der Waals surface area contributed by atoms with Crippen LogP contribution < -0.4 is 5.32 Å². The maximum absolute atomic E-state index is 11.8. The summed E-state index contributed by atoms with van der Waals surface area (Å²) in [4.78, 5) is 30.7. The van der Waals surface area contributed by atoms with E-state index in [1.165, 1.54) is 18.5 Å². The summed E-state index contributed by atoms with van der Waals surface area (Å²) < 4.78 is 0. The van der Waals surface area contributed by atoms with Crippen LogP contribution in [-0.4, -0.2) is 33.5 Å². The van der Waals surface area contributed by atoms with E-state index in [1.807, 2.05) is 6.07 Å². The van der Waals surface area contributed by atoms with Crippen molar-refractivity contribution >= 4 is 11.9 Å². The van der Waals surface area contributed by atoms with E-state index in [0.29, 0.717) is 13.0 Å². The Hall–Kier alpha value is -2.76. The highest BCUT2D eigenvalue weighted by Crippen LogP contribution is 2.05. The number of aromatic nitrogens is 2. The minimum atomic E-state index is -0.962. The number of amides is 1. The quantitative estimate of drug-likeness (QED) is 0.867.